The van der Waals surface area contributed by atoms with Gasteiger partial charge in [0.15, 0.2) is 0 Å². The van der Waals surface area contributed by atoms with Gasteiger partial charge in [0.2, 0.25) is 0 Å². The molecule has 0 unspecified atom stereocenters. The number of hydrogen-bond donors (Lipinski definition) is 1. The van der Waals surface area contributed by atoms with E-state index in [1.165, 1.54) is 12.3 Å². The van der Waals surface area contributed by atoms with Crippen LogP contribution in [0.4, 0.5) is 10.1 Å². The van der Waals surface area contributed by atoms with Gasteiger partial charge < -0.3 is 5.73 Å². The first kappa shape index (κ1) is 9.69. The molecule has 0 saturated carbocycles. The summed E-state index contributed by atoms with van der Waals surface area (Å²) in [6, 6.07) is 4.24. The van der Waals surface area contributed by atoms with Crippen LogP contribution in [-0.2, 0) is 0 Å². The van der Waals surface area contributed by atoms with Gasteiger partial charge in [0, 0.05) is 11.6 Å². The van der Waals surface area contributed by atoms with Crippen LogP contribution in [0, 0.1) is 17.1 Å². The lowest BCUT2D eigenvalue weighted by molar-refractivity contribution is 0.629. The average Bonchev–Trinajstić information content (AvgIpc) is 2.19. The quantitative estimate of drug-likeness (QED) is 0.743. The molecule has 5 heteroatoms. The van der Waals surface area contributed by atoms with Crippen molar-refractivity contribution in [3.05, 3.63) is 34.7 Å². The van der Waals surface area contributed by atoms with Gasteiger partial charge in [-0.3, -0.25) is 4.98 Å². The van der Waals surface area contributed by atoms with Gasteiger partial charge in [-0.05, 0) is 12.1 Å². The van der Waals surface area contributed by atoms with Crippen LogP contribution in [-0.4, -0.2) is 4.98 Å². The Labute approximate surface area is 89.9 Å². The van der Waals surface area contributed by atoms with Gasteiger partial charge in [0.1, 0.15) is 11.9 Å². The highest BCUT2D eigenvalue weighted by molar-refractivity contribution is 6.35. The molecule has 0 radical (unpaired) electrons. The predicted octanol–water partition coefficient (Wildman–Crippen LogP) is 2.48. The maximum atomic E-state index is 13.1. The lowest BCUT2D eigenvalue weighted by Gasteiger charge is -2.04. The van der Waals surface area contributed by atoms with E-state index in [1.54, 1.807) is 0 Å². The van der Waals surface area contributed by atoms with Crippen LogP contribution in [0.2, 0.25) is 5.02 Å². The highest BCUT2D eigenvalue weighted by atomic mass is 35.5. The highest BCUT2D eigenvalue weighted by Crippen LogP contribution is 2.28. The summed E-state index contributed by atoms with van der Waals surface area (Å²) in [5.41, 5.74) is 6.49. The maximum Gasteiger partial charge on any atom is 0.125 e. The Morgan fingerprint density at radius 1 is 1.47 bits per heavy atom. The number of pyridine rings is 1. The zero-order valence-electron chi connectivity index (χ0n) is 7.46. The van der Waals surface area contributed by atoms with Gasteiger partial charge in [0.05, 0.1) is 21.8 Å². The first-order valence-electron chi connectivity index (χ1n) is 4.07. The number of anilines is 1. The summed E-state index contributed by atoms with van der Waals surface area (Å²) in [4.78, 5) is 3.95. The molecule has 2 rings (SSSR count). The van der Waals surface area contributed by atoms with Crippen molar-refractivity contribution < 1.29 is 4.39 Å². The molecular weight excluding hydrogens is 217 g/mol. The molecule has 0 bridgehead atoms. The second-order valence-corrected chi connectivity index (χ2v) is 3.39. The normalized spacial score (nSPS) is 10.2. The number of fused-ring (bicyclic) bond motifs is 1. The van der Waals surface area contributed by atoms with Crippen molar-refractivity contribution in [3.8, 4) is 6.07 Å². The fourth-order valence-corrected chi connectivity index (χ4v) is 1.59. The third-order valence-corrected chi connectivity index (χ3v) is 2.34. The molecule has 0 aliphatic heterocycles. The molecule has 0 aliphatic carbocycles. The summed E-state index contributed by atoms with van der Waals surface area (Å²) in [6.07, 6.45) is 1.32. The maximum absolute atomic E-state index is 13.1. The minimum atomic E-state index is -0.504. The molecule has 3 nitrogen and oxygen atoms in total. The van der Waals surface area contributed by atoms with Crippen molar-refractivity contribution >= 4 is 28.2 Å². The number of benzene rings is 1. The minimum Gasteiger partial charge on any atom is -0.397 e. The smallest absolute Gasteiger partial charge is 0.125 e. The fraction of sp³-hybridized carbons (Fsp3) is 0. The van der Waals surface area contributed by atoms with Crippen LogP contribution < -0.4 is 5.73 Å². The summed E-state index contributed by atoms with van der Waals surface area (Å²) >= 11 is 5.79. The van der Waals surface area contributed by atoms with Gasteiger partial charge in [-0.15, -0.1) is 0 Å². The molecule has 0 aliphatic rings. The van der Waals surface area contributed by atoms with Crippen LogP contribution in [0.25, 0.3) is 10.9 Å². The number of nitrogens with zero attached hydrogens (tertiary/aromatic N) is 2. The topological polar surface area (TPSA) is 62.7 Å². The SMILES string of the molecule is N#Cc1cnc2c(Cl)cc(F)cc2c1N. The van der Waals surface area contributed by atoms with Crippen LogP contribution in [0.15, 0.2) is 18.3 Å². The monoisotopic (exact) mass is 221 g/mol. The van der Waals surface area contributed by atoms with E-state index in [0.717, 1.165) is 6.07 Å². The fourth-order valence-electron chi connectivity index (χ4n) is 1.34. The van der Waals surface area contributed by atoms with Gasteiger partial charge in [-0.25, -0.2) is 4.39 Å². The number of aromatic nitrogens is 1. The molecule has 1 aromatic carbocycles. The standard InChI is InChI=1S/C10H5ClFN3/c11-8-2-6(12)1-7-9(14)5(3-13)4-15-10(7)8/h1-2,4H,(H2,14,15). The van der Waals surface area contributed by atoms with Crippen LogP contribution in [0.3, 0.4) is 0 Å². The minimum absolute atomic E-state index is 0.182. The molecule has 74 valence electrons. The van der Waals surface area contributed by atoms with E-state index in [2.05, 4.69) is 4.98 Å². The van der Waals surface area contributed by atoms with Crippen molar-refractivity contribution in [3.63, 3.8) is 0 Å². The van der Waals surface area contributed by atoms with E-state index in [9.17, 15) is 4.39 Å². The van der Waals surface area contributed by atoms with E-state index < -0.39 is 5.82 Å². The van der Waals surface area contributed by atoms with Crippen molar-refractivity contribution in [1.29, 1.82) is 5.26 Å². The van der Waals surface area contributed by atoms with Crippen molar-refractivity contribution in [2.75, 3.05) is 5.73 Å². The molecule has 1 heterocycles. The number of hydrogen-bond acceptors (Lipinski definition) is 3. The van der Waals surface area contributed by atoms with Gasteiger partial charge in [-0.1, -0.05) is 11.6 Å². The number of rotatable bonds is 0. The summed E-state index contributed by atoms with van der Waals surface area (Å²) in [6.45, 7) is 0. The molecule has 0 spiro atoms. The van der Waals surface area contributed by atoms with Crippen molar-refractivity contribution in [2.45, 2.75) is 0 Å². The Balaban J connectivity index is 2.94. The summed E-state index contributed by atoms with van der Waals surface area (Å²) < 4.78 is 13.1. The molecule has 0 fully saturated rings. The van der Waals surface area contributed by atoms with Gasteiger partial charge in [0.25, 0.3) is 0 Å². The Hall–Kier alpha value is -1.86. The Bertz CT molecular complexity index is 589. The highest BCUT2D eigenvalue weighted by Gasteiger charge is 2.09. The lowest BCUT2D eigenvalue weighted by atomic mass is 10.1. The van der Waals surface area contributed by atoms with Crippen molar-refractivity contribution in [1.82, 2.24) is 4.98 Å². The van der Waals surface area contributed by atoms with Crippen LogP contribution >= 0.6 is 11.6 Å². The molecular formula is C10H5ClFN3. The summed E-state index contributed by atoms with van der Waals surface area (Å²) in [5.74, 6) is -0.504. The summed E-state index contributed by atoms with van der Waals surface area (Å²) in [5, 5.41) is 9.26. The largest absolute Gasteiger partial charge is 0.397 e. The zero-order valence-corrected chi connectivity index (χ0v) is 8.22. The third-order valence-electron chi connectivity index (χ3n) is 2.05. The molecule has 2 aromatic rings. The van der Waals surface area contributed by atoms with Gasteiger partial charge >= 0.3 is 0 Å². The van der Waals surface area contributed by atoms with Crippen LogP contribution in [0.5, 0.6) is 0 Å². The van der Waals surface area contributed by atoms with E-state index in [4.69, 9.17) is 22.6 Å². The lowest BCUT2D eigenvalue weighted by Crippen LogP contribution is -1.95. The van der Waals surface area contributed by atoms with Crippen molar-refractivity contribution in [2.24, 2.45) is 0 Å². The molecule has 0 saturated heterocycles. The van der Waals surface area contributed by atoms with E-state index >= 15 is 0 Å². The molecule has 15 heavy (non-hydrogen) atoms. The van der Waals surface area contributed by atoms with Gasteiger partial charge in [-0.2, -0.15) is 5.26 Å². The average molecular weight is 222 g/mol. The number of nitrogen functional groups attached to an aromatic ring is 1. The molecule has 1 aromatic heterocycles. The van der Waals surface area contributed by atoms with E-state index in [0.29, 0.717) is 10.9 Å². The number of nitriles is 1. The Kier molecular flexibility index (Phi) is 2.18. The third kappa shape index (κ3) is 1.47. The second-order valence-electron chi connectivity index (χ2n) is 2.98. The van der Waals surface area contributed by atoms with E-state index in [1.807, 2.05) is 6.07 Å². The number of nitrogens with two attached hydrogens (primary N) is 1. The molecule has 0 amide bonds. The first-order valence-corrected chi connectivity index (χ1v) is 4.44. The first-order chi connectivity index (χ1) is 7.13. The zero-order chi connectivity index (χ0) is 11.0. The van der Waals surface area contributed by atoms with E-state index in [-0.39, 0.29) is 16.3 Å². The summed E-state index contributed by atoms with van der Waals surface area (Å²) in [7, 11) is 0. The van der Waals surface area contributed by atoms with Crippen LogP contribution in [0.1, 0.15) is 5.56 Å². The Morgan fingerprint density at radius 2 is 2.20 bits per heavy atom. The number of halogens is 2. The predicted molar refractivity (Wildman–Crippen MR) is 55.8 cm³/mol. The molecule has 2 N–H and O–H groups in total. The second kappa shape index (κ2) is 3.37. The molecule has 0 atom stereocenters. The Morgan fingerprint density at radius 3 is 2.87 bits per heavy atom.